The van der Waals surface area contributed by atoms with Gasteiger partial charge in [-0.2, -0.15) is 4.98 Å². The Labute approximate surface area is 206 Å². The van der Waals surface area contributed by atoms with E-state index >= 15 is 0 Å². The summed E-state index contributed by atoms with van der Waals surface area (Å²) < 4.78 is 25.4. The van der Waals surface area contributed by atoms with Gasteiger partial charge in [-0.05, 0) is 36.4 Å². The Balaban J connectivity index is 1.23. The number of amides is 1. The van der Waals surface area contributed by atoms with Crippen LogP contribution in [0.25, 0.3) is 22.8 Å². The lowest BCUT2D eigenvalue weighted by atomic mass is 10.2. The Kier molecular flexibility index (Phi) is 6.63. The molecular formula is C26H22ClFN4O3. The first-order chi connectivity index (χ1) is 17.1. The van der Waals surface area contributed by atoms with E-state index in [0.29, 0.717) is 59.6 Å². The number of piperazine rings is 1. The number of halogens is 2. The second kappa shape index (κ2) is 10.1. The molecule has 9 heteroatoms. The molecule has 0 saturated carbocycles. The van der Waals surface area contributed by atoms with Gasteiger partial charge in [0.15, 0.2) is 6.61 Å². The number of nitrogens with zero attached hydrogens (tertiary/aromatic N) is 4. The molecule has 0 unspecified atom stereocenters. The molecule has 35 heavy (non-hydrogen) atoms. The smallest absolute Gasteiger partial charge is 0.262 e. The summed E-state index contributed by atoms with van der Waals surface area (Å²) in [4.78, 5) is 20.9. The molecule has 0 aliphatic carbocycles. The zero-order chi connectivity index (χ0) is 24.2. The molecule has 1 aliphatic rings. The summed E-state index contributed by atoms with van der Waals surface area (Å²) in [5.74, 6) is 0.687. The van der Waals surface area contributed by atoms with Gasteiger partial charge in [0.05, 0.1) is 16.3 Å². The van der Waals surface area contributed by atoms with Crippen molar-refractivity contribution >= 4 is 23.2 Å². The molecule has 2 heterocycles. The quantitative estimate of drug-likeness (QED) is 0.380. The van der Waals surface area contributed by atoms with Gasteiger partial charge in [-0.3, -0.25) is 4.79 Å². The molecule has 0 spiro atoms. The Morgan fingerprint density at radius 1 is 0.943 bits per heavy atom. The van der Waals surface area contributed by atoms with Gasteiger partial charge in [0.25, 0.3) is 11.8 Å². The van der Waals surface area contributed by atoms with Crippen LogP contribution >= 0.6 is 11.6 Å². The second-order valence-electron chi connectivity index (χ2n) is 8.01. The van der Waals surface area contributed by atoms with E-state index < -0.39 is 0 Å². The molecule has 1 aliphatic heterocycles. The molecule has 178 valence electrons. The Morgan fingerprint density at radius 3 is 2.40 bits per heavy atom. The van der Waals surface area contributed by atoms with Gasteiger partial charge in [-0.1, -0.05) is 53.2 Å². The monoisotopic (exact) mass is 492 g/mol. The lowest BCUT2D eigenvalue weighted by Gasteiger charge is -2.36. The maximum absolute atomic E-state index is 14.1. The van der Waals surface area contributed by atoms with Gasteiger partial charge in [0, 0.05) is 31.7 Å². The molecular weight excluding hydrogens is 471 g/mol. The van der Waals surface area contributed by atoms with Crippen molar-refractivity contribution in [2.45, 2.75) is 0 Å². The summed E-state index contributed by atoms with van der Waals surface area (Å²) in [6.45, 7) is 1.94. The van der Waals surface area contributed by atoms with Gasteiger partial charge < -0.3 is 19.1 Å². The number of ether oxygens (including phenoxy) is 1. The Hall–Kier alpha value is -3.91. The fourth-order valence-electron chi connectivity index (χ4n) is 3.99. The maximum Gasteiger partial charge on any atom is 0.262 e. The topological polar surface area (TPSA) is 71.7 Å². The van der Waals surface area contributed by atoms with E-state index in [0.717, 1.165) is 0 Å². The molecule has 0 atom stereocenters. The maximum atomic E-state index is 14.1. The minimum Gasteiger partial charge on any atom is -0.483 e. The normalized spacial score (nSPS) is 13.7. The van der Waals surface area contributed by atoms with Gasteiger partial charge in [-0.25, -0.2) is 4.39 Å². The van der Waals surface area contributed by atoms with E-state index in [1.807, 2.05) is 41.3 Å². The number of hydrogen-bond acceptors (Lipinski definition) is 6. The molecule has 1 saturated heterocycles. The largest absolute Gasteiger partial charge is 0.483 e. The standard InChI is InChI=1S/C26H22ClFN4O3/c27-20-9-3-1-7-18(20)25-29-26(35-30-25)19-8-2-6-12-23(19)34-17-24(33)32-15-13-31(14-16-32)22-11-5-4-10-21(22)28/h1-12H,13-17H2. The Bertz CT molecular complexity index is 1340. The van der Waals surface area contributed by atoms with Crippen LogP contribution in [0.4, 0.5) is 10.1 Å². The van der Waals surface area contributed by atoms with E-state index in [9.17, 15) is 9.18 Å². The summed E-state index contributed by atoms with van der Waals surface area (Å²) in [5.41, 5.74) is 1.79. The fourth-order valence-corrected chi connectivity index (χ4v) is 4.21. The number of para-hydroxylation sites is 2. The summed E-state index contributed by atoms with van der Waals surface area (Å²) in [5, 5.41) is 4.56. The molecule has 0 bridgehead atoms. The highest BCUT2D eigenvalue weighted by atomic mass is 35.5. The van der Waals surface area contributed by atoms with E-state index in [4.69, 9.17) is 20.9 Å². The predicted octanol–water partition coefficient (Wildman–Crippen LogP) is 4.92. The average molecular weight is 493 g/mol. The molecule has 1 amide bonds. The highest BCUT2D eigenvalue weighted by Gasteiger charge is 2.24. The number of carbonyl (C=O) groups excluding carboxylic acids is 1. The number of hydrogen-bond donors (Lipinski definition) is 0. The molecule has 7 nitrogen and oxygen atoms in total. The van der Waals surface area contributed by atoms with Crippen molar-refractivity contribution in [2.75, 3.05) is 37.7 Å². The lowest BCUT2D eigenvalue weighted by Crippen LogP contribution is -2.50. The van der Waals surface area contributed by atoms with Crippen LogP contribution in [0.3, 0.4) is 0 Å². The van der Waals surface area contributed by atoms with Crippen molar-refractivity contribution in [3.05, 3.63) is 83.6 Å². The number of benzene rings is 3. The van der Waals surface area contributed by atoms with E-state index in [-0.39, 0.29) is 24.2 Å². The Morgan fingerprint density at radius 2 is 1.63 bits per heavy atom. The van der Waals surface area contributed by atoms with Crippen molar-refractivity contribution in [1.29, 1.82) is 0 Å². The van der Waals surface area contributed by atoms with Gasteiger partial charge >= 0.3 is 0 Å². The summed E-state index contributed by atoms with van der Waals surface area (Å²) >= 11 is 6.25. The highest BCUT2D eigenvalue weighted by molar-refractivity contribution is 6.33. The van der Waals surface area contributed by atoms with E-state index in [1.54, 1.807) is 35.2 Å². The number of rotatable bonds is 6. The minimum atomic E-state index is -0.258. The van der Waals surface area contributed by atoms with Crippen LogP contribution in [0.2, 0.25) is 5.02 Å². The molecule has 1 aromatic heterocycles. The van der Waals surface area contributed by atoms with Crippen molar-refractivity contribution in [1.82, 2.24) is 15.0 Å². The second-order valence-corrected chi connectivity index (χ2v) is 8.41. The van der Waals surface area contributed by atoms with Gasteiger partial charge in [0.2, 0.25) is 5.82 Å². The first kappa shape index (κ1) is 22.9. The molecule has 0 N–H and O–H groups in total. The van der Waals surface area contributed by atoms with Crippen LogP contribution in [0.15, 0.2) is 77.3 Å². The van der Waals surface area contributed by atoms with Crippen LogP contribution in [0, 0.1) is 5.82 Å². The number of aromatic nitrogens is 2. The summed E-state index contributed by atoms with van der Waals surface area (Å²) in [6, 6.07) is 21.1. The van der Waals surface area contributed by atoms with E-state index in [1.165, 1.54) is 6.07 Å². The first-order valence-corrected chi connectivity index (χ1v) is 11.6. The molecule has 5 rings (SSSR count). The zero-order valence-corrected chi connectivity index (χ0v) is 19.5. The highest BCUT2D eigenvalue weighted by Crippen LogP contribution is 2.32. The van der Waals surface area contributed by atoms with Gasteiger partial charge in [0.1, 0.15) is 11.6 Å². The zero-order valence-electron chi connectivity index (χ0n) is 18.7. The average Bonchev–Trinajstić information content (AvgIpc) is 3.38. The fraction of sp³-hybridized carbons (Fsp3) is 0.192. The molecule has 1 fully saturated rings. The summed E-state index contributed by atoms with van der Waals surface area (Å²) in [6.07, 6.45) is 0. The third-order valence-electron chi connectivity index (χ3n) is 5.83. The van der Waals surface area contributed by atoms with Crippen molar-refractivity contribution < 1.29 is 18.4 Å². The number of carbonyl (C=O) groups is 1. The molecule has 0 radical (unpaired) electrons. The van der Waals surface area contributed by atoms with Gasteiger partial charge in [-0.15, -0.1) is 0 Å². The van der Waals surface area contributed by atoms with Crippen molar-refractivity contribution in [3.8, 4) is 28.6 Å². The third-order valence-corrected chi connectivity index (χ3v) is 6.16. The van der Waals surface area contributed by atoms with Crippen LogP contribution < -0.4 is 9.64 Å². The third kappa shape index (κ3) is 4.97. The van der Waals surface area contributed by atoms with Crippen LogP contribution in [0.5, 0.6) is 5.75 Å². The lowest BCUT2D eigenvalue weighted by molar-refractivity contribution is -0.133. The SMILES string of the molecule is O=C(COc1ccccc1-c1nc(-c2ccccc2Cl)no1)N1CCN(c2ccccc2F)CC1. The predicted molar refractivity (Wildman–Crippen MR) is 131 cm³/mol. The molecule has 4 aromatic rings. The number of anilines is 1. The van der Waals surface area contributed by atoms with Crippen molar-refractivity contribution in [3.63, 3.8) is 0 Å². The van der Waals surface area contributed by atoms with Crippen LogP contribution in [-0.4, -0.2) is 53.7 Å². The van der Waals surface area contributed by atoms with Crippen LogP contribution in [0.1, 0.15) is 0 Å². The van der Waals surface area contributed by atoms with E-state index in [2.05, 4.69) is 10.1 Å². The van der Waals surface area contributed by atoms with Crippen LogP contribution in [-0.2, 0) is 4.79 Å². The minimum absolute atomic E-state index is 0.137. The van der Waals surface area contributed by atoms with Crippen molar-refractivity contribution in [2.24, 2.45) is 0 Å². The first-order valence-electron chi connectivity index (χ1n) is 11.2. The molecule has 3 aromatic carbocycles. The summed E-state index contributed by atoms with van der Waals surface area (Å²) in [7, 11) is 0.